The molecule has 3 N–H and O–H groups in total. The number of carbonyl (C=O) groups is 2. The Bertz CT molecular complexity index is 807. The van der Waals surface area contributed by atoms with Gasteiger partial charge in [0.15, 0.2) is 5.96 Å². The molecule has 1 aliphatic heterocycles. The molecule has 1 aromatic rings. The third kappa shape index (κ3) is 6.60. The van der Waals surface area contributed by atoms with E-state index in [0.717, 1.165) is 37.1 Å². The maximum absolute atomic E-state index is 12.7. The van der Waals surface area contributed by atoms with E-state index in [4.69, 9.17) is 11.6 Å². The number of likely N-dealkylation sites (tertiary alicyclic amines) is 1. The number of guanidine groups is 1. The monoisotopic (exact) mass is 447 g/mol. The summed E-state index contributed by atoms with van der Waals surface area (Å²) in [5.74, 6) is 1.11. The highest BCUT2D eigenvalue weighted by Gasteiger charge is 2.31. The lowest BCUT2D eigenvalue weighted by Crippen LogP contribution is -2.46. The molecule has 1 aliphatic carbocycles. The molecule has 0 aromatic heterocycles. The summed E-state index contributed by atoms with van der Waals surface area (Å²) in [6, 6.07) is 5.64. The van der Waals surface area contributed by atoms with Crippen LogP contribution in [0.3, 0.4) is 0 Å². The second kappa shape index (κ2) is 11.4. The highest BCUT2D eigenvalue weighted by Crippen LogP contribution is 2.27. The molecular weight excluding hydrogens is 414 g/mol. The highest BCUT2D eigenvalue weighted by atomic mass is 35.5. The molecule has 0 bridgehead atoms. The zero-order valence-electron chi connectivity index (χ0n) is 18.5. The molecule has 170 valence electrons. The number of amides is 2. The van der Waals surface area contributed by atoms with Crippen molar-refractivity contribution in [2.45, 2.75) is 57.9 Å². The molecule has 1 saturated carbocycles. The lowest BCUT2D eigenvalue weighted by molar-refractivity contribution is -0.135. The number of hydrogen-bond acceptors (Lipinski definition) is 3. The molecule has 2 aliphatic rings. The molecule has 1 unspecified atom stereocenters. The second-order valence-electron chi connectivity index (χ2n) is 8.46. The van der Waals surface area contributed by atoms with Gasteiger partial charge >= 0.3 is 0 Å². The average Bonchev–Trinajstić information content (AvgIpc) is 3.25. The van der Waals surface area contributed by atoms with Gasteiger partial charge in [0.1, 0.15) is 0 Å². The minimum Gasteiger partial charge on any atom is -0.356 e. The Kier molecular flexibility index (Phi) is 8.58. The van der Waals surface area contributed by atoms with Crippen LogP contribution in [0, 0.1) is 12.8 Å². The van der Waals surface area contributed by atoms with Gasteiger partial charge in [0.25, 0.3) is 0 Å². The molecule has 1 saturated heterocycles. The van der Waals surface area contributed by atoms with Gasteiger partial charge in [0.05, 0.1) is 0 Å². The molecular formula is C23H34ClN5O2. The normalized spacial score (nSPS) is 19.9. The molecule has 1 heterocycles. The Morgan fingerprint density at radius 1 is 1.19 bits per heavy atom. The van der Waals surface area contributed by atoms with Crippen LogP contribution in [-0.4, -0.2) is 55.4 Å². The van der Waals surface area contributed by atoms with Gasteiger partial charge in [0, 0.05) is 55.8 Å². The SMILES string of the molecule is CN=C(NCCC(=O)Nc1cccc(Cl)c1C)NC1CCN(C(=O)C2CCCCC2)C1. The predicted molar refractivity (Wildman–Crippen MR) is 125 cm³/mol. The summed E-state index contributed by atoms with van der Waals surface area (Å²) in [5.41, 5.74) is 1.59. The summed E-state index contributed by atoms with van der Waals surface area (Å²) in [6.07, 6.45) is 6.89. The van der Waals surface area contributed by atoms with E-state index in [-0.39, 0.29) is 17.9 Å². The fourth-order valence-electron chi connectivity index (χ4n) is 4.32. The van der Waals surface area contributed by atoms with E-state index in [1.807, 2.05) is 24.0 Å². The van der Waals surface area contributed by atoms with E-state index < -0.39 is 0 Å². The zero-order chi connectivity index (χ0) is 22.2. The number of anilines is 1. The second-order valence-corrected chi connectivity index (χ2v) is 8.87. The van der Waals surface area contributed by atoms with Crippen molar-refractivity contribution in [1.82, 2.24) is 15.5 Å². The minimum absolute atomic E-state index is 0.0848. The van der Waals surface area contributed by atoms with Crippen LogP contribution in [0.5, 0.6) is 0 Å². The van der Waals surface area contributed by atoms with Crippen molar-refractivity contribution in [3.8, 4) is 0 Å². The van der Waals surface area contributed by atoms with E-state index in [1.165, 1.54) is 19.3 Å². The smallest absolute Gasteiger partial charge is 0.226 e. The molecule has 2 amide bonds. The molecule has 7 nitrogen and oxygen atoms in total. The van der Waals surface area contributed by atoms with Crippen LogP contribution < -0.4 is 16.0 Å². The molecule has 1 aromatic carbocycles. The van der Waals surface area contributed by atoms with E-state index in [2.05, 4.69) is 20.9 Å². The Morgan fingerprint density at radius 2 is 1.97 bits per heavy atom. The highest BCUT2D eigenvalue weighted by molar-refractivity contribution is 6.31. The quantitative estimate of drug-likeness (QED) is 0.461. The van der Waals surface area contributed by atoms with E-state index in [0.29, 0.717) is 36.4 Å². The van der Waals surface area contributed by atoms with E-state index >= 15 is 0 Å². The third-order valence-electron chi connectivity index (χ3n) is 6.21. The third-order valence-corrected chi connectivity index (χ3v) is 6.61. The van der Waals surface area contributed by atoms with Crippen LogP contribution >= 0.6 is 11.6 Å². The number of halogens is 1. The Labute approximate surface area is 190 Å². The first-order valence-corrected chi connectivity index (χ1v) is 11.7. The predicted octanol–water partition coefficient (Wildman–Crippen LogP) is 3.32. The minimum atomic E-state index is -0.0848. The summed E-state index contributed by atoms with van der Waals surface area (Å²) in [5, 5.41) is 10.1. The van der Waals surface area contributed by atoms with Crippen LogP contribution in [-0.2, 0) is 9.59 Å². The number of hydrogen-bond donors (Lipinski definition) is 3. The van der Waals surface area contributed by atoms with Gasteiger partial charge in [-0.1, -0.05) is 36.9 Å². The maximum Gasteiger partial charge on any atom is 0.226 e. The first kappa shape index (κ1) is 23.4. The van der Waals surface area contributed by atoms with Gasteiger partial charge in [0.2, 0.25) is 11.8 Å². The number of benzene rings is 1. The van der Waals surface area contributed by atoms with Gasteiger partial charge in [-0.05, 0) is 43.9 Å². The first-order chi connectivity index (χ1) is 15.0. The molecule has 1 atom stereocenters. The molecule has 31 heavy (non-hydrogen) atoms. The van der Waals surface area contributed by atoms with Gasteiger partial charge in [-0.3, -0.25) is 14.6 Å². The summed E-state index contributed by atoms with van der Waals surface area (Å²) < 4.78 is 0. The van der Waals surface area contributed by atoms with Crippen molar-refractivity contribution < 1.29 is 9.59 Å². The number of carbonyl (C=O) groups excluding carboxylic acids is 2. The van der Waals surface area contributed by atoms with Gasteiger partial charge < -0.3 is 20.9 Å². The molecule has 3 rings (SSSR count). The Balaban J connectivity index is 1.39. The number of nitrogens with zero attached hydrogens (tertiary/aromatic N) is 2. The molecule has 2 fully saturated rings. The first-order valence-electron chi connectivity index (χ1n) is 11.3. The van der Waals surface area contributed by atoms with Crippen molar-refractivity contribution >= 4 is 35.1 Å². The standard InChI is InChI=1S/C23H34ClN5O2/c1-16-19(24)9-6-10-20(16)28-21(30)11-13-26-23(25-2)27-18-12-14-29(15-18)22(31)17-7-4-3-5-8-17/h6,9-10,17-18H,3-5,7-8,11-15H2,1-2H3,(H,28,30)(H2,25,26,27). The largest absolute Gasteiger partial charge is 0.356 e. The summed E-state index contributed by atoms with van der Waals surface area (Å²) in [4.78, 5) is 31.3. The zero-order valence-corrected chi connectivity index (χ0v) is 19.3. The summed E-state index contributed by atoms with van der Waals surface area (Å²) in [7, 11) is 1.71. The number of rotatable bonds is 6. The Hall–Kier alpha value is -2.28. The van der Waals surface area contributed by atoms with Crippen molar-refractivity contribution in [3.63, 3.8) is 0 Å². The van der Waals surface area contributed by atoms with Crippen molar-refractivity contribution in [2.24, 2.45) is 10.9 Å². The van der Waals surface area contributed by atoms with Gasteiger partial charge in [-0.2, -0.15) is 0 Å². The molecule has 0 spiro atoms. The van der Waals surface area contributed by atoms with Crippen molar-refractivity contribution in [3.05, 3.63) is 28.8 Å². The topological polar surface area (TPSA) is 85.8 Å². The number of aliphatic imine (C=N–C) groups is 1. The van der Waals surface area contributed by atoms with Gasteiger partial charge in [-0.15, -0.1) is 0 Å². The van der Waals surface area contributed by atoms with Crippen LogP contribution in [0.25, 0.3) is 0 Å². The maximum atomic E-state index is 12.7. The van der Waals surface area contributed by atoms with Crippen molar-refractivity contribution in [1.29, 1.82) is 0 Å². The van der Waals surface area contributed by atoms with Crippen LogP contribution in [0.2, 0.25) is 5.02 Å². The number of nitrogens with one attached hydrogen (secondary N) is 3. The van der Waals surface area contributed by atoms with E-state index in [1.54, 1.807) is 13.1 Å². The summed E-state index contributed by atoms with van der Waals surface area (Å²) >= 11 is 6.10. The summed E-state index contributed by atoms with van der Waals surface area (Å²) in [6.45, 7) is 3.85. The lowest BCUT2D eigenvalue weighted by atomic mass is 9.88. The van der Waals surface area contributed by atoms with E-state index in [9.17, 15) is 9.59 Å². The fraction of sp³-hybridized carbons (Fsp3) is 0.609. The fourth-order valence-corrected chi connectivity index (χ4v) is 4.50. The van der Waals surface area contributed by atoms with Crippen LogP contribution in [0.4, 0.5) is 5.69 Å². The average molecular weight is 448 g/mol. The van der Waals surface area contributed by atoms with Gasteiger partial charge in [-0.25, -0.2) is 0 Å². The van der Waals surface area contributed by atoms with Crippen LogP contribution in [0.15, 0.2) is 23.2 Å². The molecule has 0 radical (unpaired) electrons. The molecule has 8 heteroatoms. The van der Waals surface area contributed by atoms with Crippen molar-refractivity contribution in [2.75, 3.05) is 32.0 Å². The lowest BCUT2D eigenvalue weighted by Gasteiger charge is -2.26. The Morgan fingerprint density at radius 3 is 2.71 bits per heavy atom. The van der Waals surface area contributed by atoms with Crippen LogP contribution in [0.1, 0.15) is 50.5 Å².